The summed E-state index contributed by atoms with van der Waals surface area (Å²) >= 11 is 1.68. The van der Waals surface area contributed by atoms with Crippen molar-refractivity contribution < 1.29 is 9.59 Å². The van der Waals surface area contributed by atoms with E-state index < -0.39 is 11.7 Å². The van der Waals surface area contributed by atoms with Gasteiger partial charge >= 0.3 is 0 Å². The van der Waals surface area contributed by atoms with Gasteiger partial charge in [-0.05, 0) is 24.3 Å². The van der Waals surface area contributed by atoms with Crippen molar-refractivity contribution in [2.24, 2.45) is 0 Å². The Morgan fingerprint density at radius 3 is 2.62 bits per heavy atom. The lowest BCUT2D eigenvalue weighted by Crippen LogP contribution is -2.30. The highest BCUT2D eigenvalue weighted by molar-refractivity contribution is 7.98. The molecule has 16 heavy (non-hydrogen) atoms. The number of nitrogens with one attached hydrogen (secondary N) is 1. The molecule has 0 saturated carbocycles. The molecule has 1 aromatic rings. The van der Waals surface area contributed by atoms with Gasteiger partial charge in [-0.15, -0.1) is 11.8 Å². The van der Waals surface area contributed by atoms with E-state index in [1.54, 1.807) is 11.8 Å². The van der Waals surface area contributed by atoms with Gasteiger partial charge in [0.05, 0.1) is 0 Å². The maximum atomic E-state index is 11.0. The standard InChI is InChI=1S/C12H15NO2S/c1-9(14)12(15)13-8-7-10-5-3-4-6-11(10)16-2/h3-6H,7-8H2,1-2H3,(H,13,15). The second-order valence-corrected chi connectivity index (χ2v) is 4.22. The van der Waals surface area contributed by atoms with Crippen LogP contribution < -0.4 is 5.32 Å². The van der Waals surface area contributed by atoms with E-state index in [1.807, 2.05) is 30.5 Å². The maximum Gasteiger partial charge on any atom is 0.287 e. The van der Waals surface area contributed by atoms with Crippen molar-refractivity contribution in [1.29, 1.82) is 0 Å². The number of Topliss-reactive ketones (excluding diaryl/α,β-unsaturated/α-hetero) is 1. The summed E-state index contributed by atoms with van der Waals surface area (Å²) in [6.07, 6.45) is 2.77. The van der Waals surface area contributed by atoms with E-state index in [0.717, 1.165) is 6.42 Å². The molecule has 1 aromatic carbocycles. The zero-order chi connectivity index (χ0) is 12.0. The fraction of sp³-hybridized carbons (Fsp3) is 0.333. The Labute approximate surface area is 99.6 Å². The smallest absolute Gasteiger partial charge is 0.287 e. The number of rotatable bonds is 5. The molecule has 3 nitrogen and oxygen atoms in total. The van der Waals surface area contributed by atoms with Gasteiger partial charge in [-0.2, -0.15) is 0 Å². The minimum Gasteiger partial charge on any atom is -0.349 e. The summed E-state index contributed by atoms with van der Waals surface area (Å²) in [5, 5.41) is 2.58. The van der Waals surface area contributed by atoms with Gasteiger partial charge in [0.15, 0.2) is 0 Å². The zero-order valence-corrected chi connectivity index (χ0v) is 10.3. The van der Waals surface area contributed by atoms with Crippen molar-refractivity contribution in [1.82, 2.24) is 5.32 Å². The molecule has 0 spiro atoms. The van der Waals surface area contributed by atoms with Crippen LogP contribution in [0.2, 0.25) is 0 Å². The highest BCUT2D eigenvalue weighted by Crippen LogP contribution is 2.19. The van der Waals surface area contributed by atoms with Gasteiger partial charge in [-0.1, -0.05) is 18.2 Å². The second kappa shape index (κ2) is 6.33. The Balaban J connectivity index is 2.48. The third kappa shape index (κ3) is 3.70. The highest BCUT2D eigenvalue weighted by atomic mass is 32.2. The second-order valence-electron chi connectivity index (χ2n) is 3.37. The molecule has 1 rings (SSSR count). The molecule has 0 aliphatic heterocycles. The number of amides is 1. The Morgan fingerprint density at radius 1 is 1.31 bits per heavy atom. The van der Waals surface area contributed by atoms with Crippen molar-refractivity contribution >= 4 is 23.5 Å². The molecular weight excluding hydrogens is 222 g/mol. The van der Waals surface area contributed by atoms with Crippen molar-refractivity contribution in [3.8, 4) is 0 Å². The molecule has 0 bridgehead atoms. The molecule has 0 radical (unpaired) electrons. The average molecular weight is 237 g/mol. The van der Waals surface area contributed by atoms with Crippen molar-refractivity contribution in [2.45, 2.75) is 18.2 Å². The Kier molecular flexibility index (Phi) is 5.05. The van der Waals surface area contributed by atoms with E-state index in [0.29, 0.717) is 6.54 Å². The lowest BCUT2D eigenvalue weighted by Gasteiger charge is -2.07. The lowest BCUT2D eigenvalue weighted by molar-refractivity contribution is -0.136. The number of benzene rings is 1. The first kappa shape index (κ1) is 12.8. The molecule has 0 unspecified atom stereocenters. The summed E-state index contributed by atoms with van der Waals surface area (Å²) in [5.41, 5.74) is 1.19. The Bertz CT molecular complexity index is 390. The van der Waals surface area contributed by atoms with Gasteiger partial charge in [0.2, 0.25) is 5.78 Å². The van der Waals surface area contributed by atoms with E-state index in [4.69, 9.17) is 0 Å². The van der Waals surface area contributed by atoms with Gasteiger partial charge < -0.3 is 5.32 Å². The van der Waals surface area contributed by atoms with Crippen LogP contribution in [0.4, 0.5) is 0 Å². The molecule has 0 aliphatic carbocycles. The fourth-order valence-corrected chi connectivity index (χ4v) is 1.99. The van der Waals surface area contributed by atoms with Crippen molar-refractivity contribution in [2.75, 3.05) is 12.8 Å². The van der Waals surface area contributed by atoms with Gasteiger partial charge in [0.25, 0.3) is 5.91 Å². The van der Waals surface area contributed by atoms with Gasteiger partial charge in [-0.25, -0.2) is 0 Å². The van der Waals surface area contributed by atoms with Crippen LogP contribution in [0.3, 0.4) is 0 Å². The third-order valence-electron chi connectivity index (χ3n) is 2.19. The Morgan fingerprint density at radius 2 is 2.00 bits per heavy atom. The number of carbonyl (C=O) groups is 2. The van der Waals surface area contributed by atoms with Crippen LogP contribution in [0.25, 0.3) is 0 Å². The predicted octanol–water partition coefficient (Wildman–Crippen LogP) is 1.66. The van der Waals surface area contributed by atoms with Crippen LogP contribution in [0.1, 0.15) is 12.5 Å². The molecule has 86 valence electrons. The summed E-state index contributed by atoms with van der Waals surface area (Å²) in [4.78, 5) is 22.9. The molecule has 0 aliphatic rings. The van der Waals surface area contributed by atoms with Crippen LogP contribution in [0, 0.1) is 0 Å². The van der Waals surface area contributed by atoms with Gasteiger partial charge in [-0.3, -0.25) is 9.59 Å². The molecular formula is C12H15NO2S. The third-order valence-corrected chi connectivity index (χ3v) is 3.03. The summed E-state index contributed by atoms with van der Waals surface area (Å²) in [6, 6.07) is 8.05. The number of ketones is 1. The summed E-state index contributed by atoms with van der Waals surface area (Å²) in [7, 11) is 0. The predicted molar refractivity (Wildman–Crippen MR) is 65.6 cm³/mol. The first-order valence-electron chi connectivity index (χ1n) is 5.06. The quantitative estimate of drug-likeness (QED) is 0.625. The van der Waals surface area contributed by atoms with Gasteiger partial charge in [0, 0.05) is 18.4 Å². The van der Waals surface area contributed by atoms with Gasteiger partial charge in [0.1, 0.15) is 0 Å². The van der Waals surface area contributed by atoms with Crippen molar-refractivity contribution in [3.63, 3.8) is 0 Å². The molecule has 1 amide bonds. The topological polar surface area (TPSA) is 46.2 Å². The number of carbonyl (C=O) groups excluding carboxylic acids is 2. The van der Waals surface area contributed by atoms with Crippen LogP contribution in [0.15, 0.2) is 29.2 Å². The molecule has 0 saturated heterocycles. The molecule has 0 aromatic heterocycles. The van der Waals surface area contributed by atoms with E-state index in [9.17, 15) is 9.59 Å². The lowest BCUT2D eigenvalue weighted by atomic mass is 10.1. The average Bonchev–Trinajstić information content (AvgIpc) is 2.29. The first-order valence-corrected chi connectivity index (χ1v) is 6.28. The summed E-state index contributed by atoms with van der Waals surface area (Å²) in [5.74, 6) is -0.959. The largest absolute Gasteiger partial charge is 0.349 e. The van der Waals surface area contributed by atoms with E-state index >= 15 is 0 Å². The monoisotopic (exact) mass is 237 g/mol. The van der Waals surface area contributed by atoms with Crippen LogP contribution in [-0.4, -0.2) is 24.5 Å². The Hall–Kier alpha value is -1.29. The van der Waals surface area contributed by atoms with E-state index in [2.05, 4.69) is 5.32 Å². The van der Waals surface area contributed by atoms with Crippen molar-refractivity contribution in [3.05, 3.63) is 29.8 Å². The molecule has 0 heterocycles. The van der Waals surface area contributed by atoms with E-state index in [1.165, 1.54) is 17.4 Å². The van der Waals surface area contributed by atoms with Crippen LogP contribution >= 0.6 is 11.8 Å². The minimum atomic E-state index is -0.512. The van der Waals surface area contributed by atoms with E-state index in [-0.39, 0.29) is 0 Å². The first-order chi connectivity index (χ1) is 7.65. The molecule has 4 heteroatoms. The summed E-state index contributed by atoms with van der Waals surface area (Å²) in [6.45, 7) is 1.77. The molecule has 0 fully saturated rings. The fourth-order valence-electron chi connectivity index (χ4n) is 1.34. The zero-order valence-electron chi connectivity index (χ0n) is 9.45. The number of hydrogen-bond donors (Lipinski definition) is 1. The molecule has 1 N–H and O–H groups in total. The number of hydrogen-bond acceptors (Lipinski definition) is 3. The van der Waals surface area contributed by atoms with Crippen LogP contribution in [0.5, 0.6) is 0 Å². The normalized spacial score (nSPS) is 9.88. The minimum absolute atomic E-state index is 0.446. The summed E-state index contributed by atoms with van der Waals surface area (Å²) < 4.78 is 0. The maximum absolute atomic E-state index is 11.0. The molecule has 0 atom stereocenters. The van der Waals surface area contributed by atoms with Crippen LogP contribution in [-0.2, 0) is 16.0 Å². The number of thioether (sulfide) groups is 1. The highest BCUT2D eigenvalue weighted by Gasteiger charge is 2.06. The SMILES string of the molecule is CSc1ccccc1CCNC(=O)C(C)=O.